The van der Waals surface area contributed by atoms with Crippen molar-refractivity contribution in [2.45, 2.75) is 24.4 Å². The smallest absolute Gasteiger partial charge is 0.330 e. The molecule has 4 nitrogen and oxygen atoms in total. The van der Waals surface area contributed by atoms with E-state index >= 15 is 0 Å². The minimum absolute atomic E-state index is 0.298. The van der Waals surface area contributed by atoms with Gasteiger partial charge in [0.05, 0.1) is 6.04 Å². The van der Waals surface area contributed by atoms with E-state index in [0.29, 0.717) is 10.7 Å². The predicted molar refractivity (Wildman–Crippen MR) is 75.8 cm³/mol. The molecule has 0 bridgehead atoms. The van der Waals surface area contributed by atoms with Gasteiger partial charge >= 0.3 is 5.97 Å². The third kappa shape index (κ3) is 2.38. The summed E-state index contributed by atoms with van der Waals surface area (Å²) in [4.78, 5) is 11.4. The molecule has 0 saturated carbocycles. The molecule has 0 unspecified atom stereocenters. The first-order valence-electron chi connectivity index (χ1n) is 6.30. The van der Waals surface area contributed by atoms with Gasteiger partial charge in [-0.05, 0) is 17.8 Å². The molecule has 1 saturated heterocycles. The van der Waals surface area contributed by atoms with E-state index < -0.39 is 24.3 Å². The summed E-state index contributed by atoms with van der Waals surface area (Å²) < 4.78 is 20.0. The second-order valence-corrected chi connectivity index (χ2v) is 5.15. The summed E-state index contributed by atoms with van der Waals surface area (Å²) >= 11 is 5.09. The number of ether oxygens (including phenoxy) is 1. The van der Waals surface area contributed by atoms with Gasteiger partial charge in [-0.15, -0.1) is 0 Å². The van der Waals surface area contributed by atoms with Crippen LogP contribution in [0.3, 0.4) is 0 Å². The molecule has 1 fully saturated rings. The minimum atomic E-state index is -1.32. The van der Waals surface area contributed by atoms with Crippen molar-refractivity contribution in [2.24, 2.45) is 0 Å². The van der Waals surface area contributed by atoms with Gasteiger partial charge in [-0.3, -0.25) is 0 Å². The SMILES string of the molecule is O=C1C=C[C@@H]2NC(=S)N[C@@H]([C@H](F)c3ccccc3)[C@@H]2O1. The quantitative estimate of drug-likeness (QED) is 0.637. The summed E-state index contributed by atoms with van der Waals surface area (Å²) in [7, 11) is 0. The van der Waals surface area contributed by atoms with Crippen LogP contribution in [-0.4, -0.2) is 29.3 Å². The van der Waals surface area contributed by atoms with Gasteiger partial charge in [0.15, 0.2) is 5.11 Å². The summed E-state index contributed by atoms with van der Waals surface area (Å²) in [6.45, 7) is 0. The lowest BCUT2D eigenvalue weighted by Crippen LogP contribution is -2.65. The Kier molecular flexibility index (Phi) is 3.40. The van der Waals surface area contributed by atoms with Gasteiger partial charge in [0.25, 0.3) is 0 Å². The number of rotatable bonds is 2. The minimum Gasteiger partial charge on any atom is -0.454 e. The topological polar surface area (TPSA) is 50.4 Å². The maximum absolute atomic E-state index is 14.7. The Labute approximate surface area is 121 Å². The fraction of sp³-hybridized carbons (Fsp3) is 0.286. The van der Waals surface area contributed by atoms with Crippen LogP contribution in [0.15, 0.2) is 42.5 Å². The lowest BCUT2D eigenvalue weighted by Gasteiger charge is -2.41. The number of carbonyl (C=O) groups is 1. The van der Waals surface area contributed by atoms with E-state index in [1.807, 2.05) is 6.07 Å². The van der Waals surface area contributed by atoms with Crippen LogP contribution in [0, 0.1) is 0 Å². The van der Waals surface area contributed by atoms with Crippen molar-refractivity contribution in [1.82, 2.24) is 10.6 Å². The molecule has 0 spiro atoms. The summed E-state index contributed by atoms with van der Waals surface area (Å²) in [5, 5.41) is 6.19. The normalized spacial score (nSPS) is 29.8. The summed E-state index contributed by atoms with van der Waals surface area (Å²) in [6, 6.07) is 7.76. The lowest BCUT2D eigenvalue weighted by atomic mass is 9.92. The summed E-state index contributed by atoms with van der Waals surface area (Å²) in [6.07, 6.45) is 1.04. The molecule has 2 aliphatic rings. The van der Waals surface area contributed by atoms with Crippen molar-refractivity contribution >= 4 is 23.3 Å². The van der Waals surface area contributed by atoms with Crippen molar-refractivity contribution < 1.29 is 13.9 Å². The number of thiocarbonyl (C=S) groups is 1. The highest BCUT2D eigenvalue weighted by Gasteiger charge is 2.43. The van der Waals surface area contributed by atoms with Crippen LogP contribution in [0.5, 0.6) is 0 Å². The average molecular weight is 292 g/mol. The Bertz CT molecular complexity index is 564. The number of halogens is 1. The highest BCUT2D eigenvalue weighted by atomic mass is 32.1. The number of nitrogens with one attached hydrogen (secondary N) is 2. The standard InChI is InChI=1S/C14H13FN2O2S/c15-11(8-4-2-1-3-5-8)12-13-9(16-14(20)17-12)6-7-10(18)19-13/h1-7,9,11-13H,(H2,16,17,20)/t9-,11+,12-,13+/m0/s1. The third-order valence-electron chi connectivity index (χ3n) is 3.43. The van der Waals surface area contributed by atoms with E-state index in [4.69, 9.17) is 17.0 Å². The van der Waals surface area contributed by atoms with E-state index in [1.165, 1.54) is 6.08 Å². The molecule has 4 atom stereocenters. The predicted octanol–water partition coefficient (Wildman–Crippen LogP) is 1.39. The largest absolute Gasteiger partial charge is 0.454 e. The molecular formula is C14H13FN2O2S. The van der Waals surface area contributed by atoms with Crippen LogP contribution < -0.4 is 10.6 Å². The van der Waals surface area contributed by atoms with E-state index in [9.17, 15) is 9.18 Å². The van der Waals surface area contributed by atoms with Crippen molar-refractivity contribution in [3.63, 3.8) is 0 Å². The van der Waals surface area contributed by atoms with Gasteiger partial charge in [-0.25, -0.2) is 9.18 Å². The van der Waals surface area contributed by atoms with Gasteiger partial charge < -0.3 is 15.4 Å². The van der Waals surface area contributed by atoms with Gasteiger partial charge in [0.2, 0.25) is 0 Å². The fourth-order valence-electron chi connectivity index (χ4n) is 2.48. The monoisotopic (exact) mass is 292 g/mol. The van der Waals surface area contributed by atoms with Crippen LogP contribution in [0.1, 0.15) is 11.7 Å². The van der Waals surface area contributed by atoms with Gasteiger partial charge in [-0.1, -0.05) is 36.4 Å². The van der Waals surface area contributed by atoms with E-state index in [1.54, 1.807) is 30.3 Å². The van der Waals surface area contributed by atoms with Crippen LogP contribution in [0.2, 0.25) is 0 Å². The number of hydrogen-bond acceptors (Lipinski definition) is 3. The first-order chi connectivity index (χ1) is 9.65. The summed E-state index contributed by atoms with van der Waals surface area (Å²) in [5.41, 5.74) is 0.527. The number of benzene rings is 1. The molecule has 20 heavy (non-hydrogen) atoms. The maximum atomic E-state index is 14.7. The van der Waals surface area contributed by atoms with E-state index in [2.05, 4.69) is 10.6 Å². The molecule has 0 aliphatic carbocycles. The van der Waals surface area contributed by atoms with Crippen molar-refractivity contribution in [3.8, 4) is 0 Å². The number of fused-ring (bicyclic) bond motifs is 1. The van der Waals surface area contributed by atoms with Crippen molar-refractivity contribution in [2.75, 3.05) is 0 Å². The Balaban J connectivity index is 1.89. The molecular weight excluding hydrogens is 279 g/mol. The van der Waals surface area contributed by atoms with Crippen LogP contribution in [0.4, 0.5) is 4.39 Å². The average Bonchev–Trinajstić information content (AvgIpc) is 2.47. The zero-order chi connectivity index (χ0) is 14.1. The highest BCUT2D eigenvalue weighted by molar-refractivity contribution is 7.80. The van der Waals surface area contributed by atoms with Crippen LogP contribution >= 0.6 is 12.2 Å². The fourth-order valence-corrected chi connectivity index (χ4v) is 2.75. The zero-order valence-corrected chi connectivity index (χ0v) is 11.3. The molecule has 0 aromatic heterocycles. The molecule has 0 radical (unpaired) electrons. The Morgan fingerprint density at radius 1 is 1.25 bits per heavy atom. The van der Waals surface area contributed by atoms with E-state index in [-0.39, 0.29) is 6.04 Å². The molecule has 1 aromatic rings. The second-order valence-electron chi connectivity index (χ2n) is 4.74. The van der Waals surface area contributed by atoms with Crippen molar-refractivity contribution in [3.05, 3.63) is 48.0 Å². The number of carbonyl (C=O) groups excluding carboxylic acids is 1. The Morgan fingerprint density at radius 2 is 2.00 bits per heavy atom. The maximum Gasteiger partial charge on any atom is 0.330 e. The van der Waals surface area contributed by atoms with Gasteiger partial charge in [0.1, 0.15) is 18.3 Å². The highest BCUT2D eigenvalue weighted by Crippen LogP contribution is 2.29. The third-order valence-corrected chi connectivity index (χ3v) is 3.66. The molecule has 0 amide bonds. The molecule has 2 aliphatic heterocycles. The number of alkyl halides is 1. The first-order valence-corrected chi connectivity index (χ1v) is 6.71. The number of esters is 1. The number of hydrogen-bond donors (Lipinski definition) is 2. The van der Waals surface area contributed by atoms with Crippen LogP contribution in [-0.2, 0) is 9.53 Å². The Hall–Kier alpha value is -1.95. The van der Waals surface area contributed by atoms with Crippen LogP contribution in [0.25, 0.3) is 0 Å². The van der Waals surface area contributed by atoms with Gasteiger partial charge in [0, 0.05) is 6.08 Å². The lowest BCUT2D eigenvalue weighted by molar-refractivity contribution is -0.148. The van der Waals surface area contributed by atoms with E-state index in [0.717, 1.165) is 0 Å². The summed E-state index contributed by atoms with van der Waals surface area (Å²) in [5.74, 6) is -0.465. The first kappa shape index (κ1) is 13.1. The molecule has 1 aromatic carbocycles. The van der Waals surface area contributed by atoms with Crippen molar-refractivity contribution in [1.29, 1.82) is 0 Å². The zero-order valence-electron chi connectivity index (χ0n) is 10.5. The molecule has 104 valence electrons. The molecule has 6 heteroatoms. The molecule has 3 rings (SSSR count). The molecule has 2 heterocycles. The van der Waals surface area contributed by atoms with Gasteiger partial charge in [-0.2, -0.15) is 0 Å². The molecule has 2 N–H and O–H groups in total. The second kappa shape index (κ2) is 5.20. The Morgan fingerprint density at radius 3 is 2.75 bits per heavy atom.